The third kappa shape index (κ3) is 2.06. The first-order valence-electron chi connectivity index (χ1n) is 7.23. The van der Waals surface area contributed by atoms with Gasteiger partial charge in [0.1, 0.15) is 0 Å². The fraction of sp³-hybridized carbons (Fsp3) is 0.562. The van der Waals surface area contributed by atoms with Crippen LogP contribution in [0.1, 0.15) is 42.9 Å². The minimum atomic E-state index is -0.235. The monoisotopic (exact) mass is 258 g/mol. The molecule has 19 heavy (non-hydrogen) atoms. The average Bonchev–Trinajstić information content (AvgIpc) is 3.26. The molecule has 2 aliphatic rings. The molecule has 2 N–H and O–H groups in total. The molecule has 3 rings (SSSR count). The SMILES string of the molecule is CN(C(=O)C1(CN)CC1)C1CCCc2ccccc21. The number of rotatable bonds is 3. The number of carbonyl (C=O) groups excluding carboxylic acids is 1. The van der Waals surface area contributed by atoms with Crippen LogP contribution in [0, 0.1) is 5.41 Å². The van der Waals surface area contributed by atoms with Gasteiger partial charge in [-0.05, 0) is 43.2 Å². The van der Waals surface area contributed by atoms with Crippen LogP contribution in [0.25, 0.3) is 0 Å². The van der Waals surface area contributed by atoms with Gasteiger partial charge in [-0.2, -0.15) is 0 Å². The Hall–Kier alpha value is -1.35. The van der Waals surface area contributed by atoms with Gasteiger partial charge in [-0.3, -0.25) is 4.79 Å². The summed E-state index contributed by atoms with van der Waals surface area (Å²) in [5.41, 5.74) is 8.28. The Balaban J connectivity index is 1.85. The number of benzene rings is 1. The summed E-state index contributed by atoms with van der Waals surface area (Å²) < 4.78 is 0. The van der Waals surface area contributed by atoms with Crippen LogP contribution < -0.4 is 5.73 Å². The van der Waals surface area contributed by atoms with E-state index < -0.39 is 0 Å². The summed E-state index contributed by atoms with van der Waals surface area (Å²) in [6.07, 6.45) is 5.29. The van der Waals surface area contributed by atoms with Crippen LogP contribution in [0.15, 0.2) is 24.3 Å². The number of nitrogens with zero attached hydrogens (tertiary/aromatic N) is 1. The van der Waals surface area contributed by atoms with E-state index in [1.807, 2.05) is 11.9 Å². The van der Waals surface area contributed by atoms with Gasteiger partial charge in [0.2, 0.25) is 5.91 Å². The molecule has 0 heterocycles. The molecule has 1 unspecified atom stereocenters. The molecule has 3 heteroatoms. The van der Waals surface area contributed by atoms with Crippen molar-refractivity contribution in [3.63, 3.8) is 0 Å². The number of hydrogen-bond donors (Lipinski definition) is 1. The lowest BCUT2D eigenvalue weighted by Crippen LogP contribution is -2.41. The van der Waals surface area contributed by atoms with E-state index in [0.29, 0.717) is 6.54 Å². The molecule has 0 spiro atoms. The van der Waals surface area contributed by atoms with Gasteiger partial charge in [0.15, 0.2) is 0 Å². The summed E-state index contributed by atoms with van der Waals surface area (Å²) in [6, 6.07) is 8.76. The second-order valence-corrected chi connectivity index (χ2v) is 6.01. The molecule has 0 bridgehead atoms. The molecular weight excluding hydrogens is 236 g/mol. The highest BCUT2D eigenvalue weighted by atomic mass is 16.2. The van der Waals surface area contributed by atoms with E-state index >= 15 is 0 Å². The Kier molecular flexibility index (Phi) is 3.09. The molecular formula is C16H22N2O. The Bertz CT molecular complexity index is 493. The van der Waals surface area contributed by atoms with E-state index in [-0.39, 0.29) is 17.4 Å². The summed E-state index contributed by atoms with van der Waals surface area (Å²) in [4.78, 5) is 14.6. The van der Waals surface area contributed by atoms with E-state index in [1.54, 1.807) is 0 Å². The first kappa shape index (κ1) is 12.7. The summed E-state index contributed by atoms with van der Waals surface area (Å²) in [5, 5.41) is 0. The minimum absolute atomic E-state index is 0.235. The van der Waals surface area contributed by atoms with E-state index in [1.165, 1.54) is 11.1 Å². The minimum Gasteiger partial charge on any atom is -0.338 e. The third-order valence-electron chi connectivity index (χ3n) is 4.82. The standard InChI is InChI=1S/C16H22N2O/c1-18(15(19)16(11-17)9-10-16)14-8-4-6-12-5-2-3-7-13(12)14/h2-3,5,7,14H,4,6,8-11,17H2,1H3. The van der Waals surface area contributed by atoms with E-state index in [0.717, 1.165) is 32.1 Å². The molecule has 0 aliphatic heterocycles. The molecule has 102 valence electrons. The predicted octanol–water partition coefficient (Wildman–Crippen LogP) is 2.26. The molecule has 2 aliphatic carbocycles. The van der Waals surface area contributed by atoms with Crippen molar-refractivity contribution in [2.45, 2.75) is 38.1 Å². The number of carbonyl (C=O) groups is 1. The van der Waals surface area contributed by atoms with Crippen molar-refractivity contribution >= 4 is 5.91 Å². The summed E-state index contributed by atoms with van der Waals surface area (Å²) in [5.74, 6) is 0.247. The van der Waals surface area contributed by atoms with E-state index in [2.05, 4.69) is 24.3 Å². The maximum Gasteiger partial charge on any atom is 0.230 e. The number of aryl methyl sites for hydroxylation is 1. The number of fused-ring (bicyclic) bond motifs is 1. The van der Waals surface area contributed by atoms with Crippen LogP contribution in [0.2, 0.25) is 0 Å². The quantitative estimate of drug-likeness (QED) is 0.904. The first-order valence-corrected chi connectivity index (χ1v) is 7.23. The van der Waals surface area contributed by atoms with Crippen molar-refractivity contribution in [1.82, 2.24) is 4.90 Å². The van der Waals surface area contributed by atoms with Gasteiger partial charge in [0, 0.05) is 13.6 Å². The lowest BCUT2D eigenvalue weighted by atomic mass is 9.86. The number of amides is 1. The lowest BCUT2D eigenvalue weighted by Gasteiger charge is -2.35. The largest absolute Gasteiger partial charge is 0.338 e. The van der Waals surface area contributed by atoms with Gasteiger partial charge in [-0.15, -0.1) is 0 Å². The second-order valence-electron chi connectivity index (χ2n) is 6.01. The molecule has 1 amide bonds. The maximum atomic E-state index is 12.6. The molecule has 1 fully saturated rings. The Labute approximate surface area is 114 Å². The zero-order valence-electron chi connectivity index (χ0n) is 11.6. The van der Waals surface area contributed by atoms with Crippen LogP contribution in [-0.2, 0) is 11.2 Å². The molecule has 1 atom stereocenters. The van der Waals surface area contributed by atoms with Crippen molar-refractivity contribution in [2.75, 3.05) is 13.6 Å². The lowest BCUT2D eigenvalue weighted by molar-refractivity contribution is -0.137. The normalized spacial score (nSPS) is 23.6. The smallest absolute Gasteiger partial charge is 0.230 e. The van der Waals surface area contributed by atoms with Crippen molar-refractivity contribution in [3.05, 3.63) is 35.4 Å². The number of nitrogens with two attached hydrogens (primary N) is 1. The Morgan fingerprint density at radius 3 is 2.84 bits per heavy atom. The van der Waals surface area contributed by atoms with Gasteiger partial charge in [-0.25, -0.2) is 0 Å². The van der Waals surface area contributed by atoms with E-state index in [4.69, 9.17) is 5.73 Å². The molecule has 0 radical (unpaired) electrons. The Morgan fingerprint density at radius 2 is 2.16 bits per heavy atom. The molecule has 1 saturated carbocycles. The van der Waals surface area contributed by atoms with Crippen molar-refractivity contribution < 1.29 is 4.79 Å². The maximum absolute atomic E-state index is 12.6. The molecule has 0 saturated heterocycles. The van der Waals surface area contributed by atoms with Crippen LogP contribution in [0.4, 0.5) is 0 Å². The van der Waals surface area contributed by atoms with Gasteiger partial charge < -0.3 is 10.6 Å². The Morgan fingerprint density at radius 1 is 1.42 bits per heavy atom. The average molecular weight is 258 g/mol. The molecule has 3 nitrogen and oxygen atoms in total. The van der Waals surface area contributed by atoms with Crippen LogP contribution in [0.3, 0.4) is 0 Å². The van der Waals surface area contributed by atoms with Crippen molar-refractivity contribution in [3.8, 4) is 0 Å². The topological polar surface area (TPSA) is 46.3 Å². The van der Waals surface area contributed by atoms with Gasteiger partial charge in [-0.1, -0.05) is 24.3 Å². The van der Waals surface area contributed by atoms with Crippen molar-refractivity contribution in [2.24, 2.45) is 11.1 Å². The van der Waals surface area contributed by atoms with Gasteiger partial charge in [0.05, 0.1) is 11.5 Å². The van der Waals surface area contributed by atoms with Gasteiger partial charge >= 0.3 is 0 Å². The third-order valence-corrected chi connectivity index (χ3v) is 4.82. The highest BCUT2D eigenvalue weighted by Gasteiger charge is 2.51. The fourth-order valence-electron chi connectivity index (χ4n) is 3.30. The fourth-order valence-corrected chi connectivity index (χ4v) is 3.30. The summed E-state index contributed by atoms with van der Waals surface area (Å²) >= 11 is 0. The van der Waals surface area contributed by atoms with E-state index in [9.17, 15) is 4.79 Å². The predicted molar refractivity (Wildman–Crippen MR) is 75.6 cm³/mol. The zero-order chi connectivity index (χ0) is 13.5. The second kappa shape index (κ2) is 4.64. The summed E-state index contributed by atoms with van der Waals surface area (Å²) in [7, 11) is 1.95. The zero-order valence-corrected chi connectivity index (χ0v) is 11.6. The first-order chi connectivity index (χ1) is 9.18. The van der Waals surface area contributed by atoms with Crippen LogP contribution >= 0.6 is 0 Å². The highest BCUT2D eigenvalue weighted by molar-refractivity contribution is 5.85. The van der Waals surface area contributed by atoms with Crippen LogP contribution in [-0.4, -0.2) is 24.4 Å². The molecule has 1 aromatic carbocycles. The van der Waals surface area contributed by atoms with Gasteiger partial charge in [0.25, 0.3) is 0 Å². The molecule has 1 aromatic rings. The highest BCUT2D eigenvalue weighted by Crippen LogP contribution is 2.47. The molecule has 0 aromatic heterocycles. The van der Waals surface area contributed by atoms with Crippen LogP contribution in [0.5, 0.6) is 0 Å². The summed E-state index contributed by atoms with van der Waals surface area (Å²) in [6.45, 7) is 0.491. The van der Waals surface area contributed by atoms with Crippen molar-refractivity contribution in [1.29, 1.82) is 0 Å². The number of hydrogen-bond acceptors (Lipinski definition) is 2.